The molecule has 1 aromatic carbocycles. The summed E-state index contributed by atoms with van der Waals surface area (Å²) in [5, 5.41) is 2.53. The zero-order valence-electron chi connectivity index (χ0n) is 14.7. The Labute approximate surface area is 150 Å². The minimum Gasteiger partial charge on any atom is -0.353 e. The van der Waals surface area contributed by atoms with Crippen molar-refractivity contribution >= 4 is 23.3 Å². The summed E-state index contributed by atoms with van der Waals surface area (Å²) in [6.45, 7) is 5.73. The minimum absolute atomic E-state index is 0.0495. The van der Waals surface area contributed by atoms with Gasteiger partial charge in [-0.15, -0.1) is 0 Å². The first-order valence-electron chi connectivity index (χ1n) is 8.36. The summed E-state index contributed by atoms with van der Waals surface area (Å²) in [5.41, 5.74) is 0.273. The Balaban J connectivity index is 1.76. The minimum atomic E-state index is -0.507. The molecule has 2 aromatic rings. The van der Waals surface area contributed by atoms with Crippen LogP contribution >= 0.6 is 0 Å². The van der Waals surface area contributed by atoms with E-state index < -0.39 is 11.7 Å². The molecule has 0 saturated carbocycles. The first-order valence-corrected chi connectivity index (χ1v) is 8.36. The third kappa shape index (κ3) is 3.96. The molecule has 0 spiro atoms. The largest absolute Gasteiger partial charge is 0.353 e. The lowest BCUT2D eigenvalue weighted by atomic mass is 10.2. The van der Waals surface area contributed by atoms with Crippen molar-refractivity contribution in [1.82, 2.24) is 14.9 Å². The second-order valence-electron chi connectivity index (χ2n) is 6.09. The van der Waals surface area contributed by atoms with Crippen molar-refractivity contribution in [2.24, 2.45) is 0 Å². The normalized spacial score (nSPS) is 14.3. The van der Waals surface area contributed by atoms with Crippen molar-refractivity contribution in [2.75, 3.05) is 36.4 Å². The van der Waals surface area contributed by atoms with Crippen LogP contribution < -0.4 is 10.2 Å². The molecule has 1 N–H and O–H groups in total. The van der Waals surface area contributed by atoms with Crippen LogP contribution in [0.5, 0.6) is 0 Å². The molecule has 0 unspecified atom stereocenters. The zero-order valence-corrected chi connectivity index (χ0v) is 14.7. The molecule has 1 fully saturated rings. The van der Waals surface area contributed by atoms with Gasteiger partial charge in [0.2, 0.25) is 5.91 Å². The summed E-state index contributed by atoms with van der Waals surface area (Å²) in [6, 6.07) is 7.55. The smallest absolute Gasteiger partial charge is 0.274 e. The molecular formula is C18H20FN5O2. The fraction of sp³-hybridized carbons (Fsp3) is 0.333. The average molecular weight is 357 g/mol. The van der Waals surface area contributed by atoms with Gasteiger partial charge in [0, 0.05) is 39.2 Å². The number of aromatic nitrogens is 2. The van der Waals surface area contributed by atoms with Crippen LogP contribution in [-0.2, 0) is 4.79 Å². The van der Waals surface area contributed by atoms with Crippen molar-refractivity contribution in [1.29, 1.82) is 0 Å². The maximum absolute atomic E-state index is 13.7. The average Bonchev–Trinajstić information content (AvgIpc) is 2.63. The van der Waals surface area contributed by atoms with E-state index in [9.17, 15) is 14.0 Å². The van der Waals surface area contributed by atoms with Crippen LogP contribution in [0.25, 0.3) is 0 Å². The number of halogens is 1. The summed E-state index contributed by atoms with van der Waals surface area (Å²) in [6.07, 6.45) is 0. The number of anilines is 2. The number of piperazine rings is 1. The number of hydrogen-bond donors (Lipinski definition) is 1. The summed E-state index contributed by atoms with van der Waals surface area (Å²) in [7, 11) is 0. The van der Waals surface area contributed by atoms with Crippen molar-refractivity contribution in [3.63, 3.8) is 0 Å². The Morgan fingerprint density at radius 1 is 1.12 bits per heavy atom. The fourth-order valence-corrected chi connectivity index (χ4v) is 2.83. The van der Waals surface area contributed by atoms with E-state index in [-0.39, 0.29) is 17.3 Å². The first kappa shape index (κ1) is 17.8. The van der Waals surface area contributed by atoms with Gasteiger partial charge in [0.25, 0.3) is 5.91 Å². The number of benzene rings is 1. The molecule has 0 aliphatic carbocycles. The van der Waals surface area contributed by atoms with Crippen LogP contribution in [0.3, 0.4) is 0 Å². The molecule has 3 rings (SSSR count). The third-order valence-electron chi connectivity index (χ3n) is 4.23. The molecule has 1 aliphatic rings. The van der Waals surface area contributed by atoms with Gasteiger partial charge in [-0.1, -0.05) is 12.1 Å². The number of hydrogen-bond acceptors (Lipinski definition) is 5. The lowest BCUT2D eigenvalue weighted by Gasteiger charge is -2.35. The molecule has 0 bridgehead atoms. The van der Waals surface area contributed by atoms with Gasteiger partial charge < -0.3 is 15.1 Å². The monoisotopic (exact) mass is 357 g/mol. The Hall–Kier alpha value is -3.03. The molecular weight excluding hydrogens is 337 g/mol. The third-order valence-corrected chi connectivity index (χ3v) is 4.23. The number of rotatable bonds is 3. The highest BCUT2D eigenvalue weighted by atomic mass is 19.1. The molecule has 2 amide bonds. The van der Waals surface area contributed by atoms with E-state index in [1.165, 1.54) is 12.1 Å². The Kier molecular flexibility index (Phi) is 5.11. The van der Waals surface area contributed by atoms with Gasteiger partial charge >= 0.3 is 0 Å². The maximum Gasteiger partial charge on any atom is 0.274 e. The summed E-state index contributed by atoms with van der Waals surface area (Å²) in [4.78, 5) is 36.2. The lowest BCUT2D eigenvalue weighted by Crippen LogP contribution is -2.48. The summed E-state index contributed by atoms with van der Waals surface area (Å²) in [5.74, 6) is 0.125. The van der Waals surface area contributed by atoms with E-state index in [1.54, 1.807) is 36.9 Å². The summed E-state index contributed by atoms with van der Waals surface area (Å²) < 4.78 is 13.7. The molecule has 7 nitrogen and oxygen atoms in total. The topological polar surface area (TPSA) is 78.4 Å². The number of para-hydroxylation sites is 1. The van der Waals surface area contributed by atoms with E-state index in [0.29, 0.717) is 37.8 Å². The van der Waals surface area contributed by atoms with E-state index in [4.69, 9.17) is 0 Å². The van der Waals surface area contributed by atoms with Gasteiger partial charge in [0.05, 0.1) is 5.69 Å². The molecule has 136 valence electrons. The molecule has 1 saturated heterocycles. The molecule has 0 radical (unpaired) electrons. The van der Waals surface area contributed by atoms with Gasteiger partial charge in [-0.2, -0.15) is 0 Å². The van der Waals surface area contributed by atoms with Crippen molar-refractivity contribution in [3.05, 3.63) is 47.7 Å². The van der Waals surface area contributed by atoms with E-state index in [0.717, 1.165) is 0 Å². The van der Waals surface area contributed by atoms with Gasteiger partial charge in [-0.05, 0) is 19.1 Å². The first-order chi connectivity index (χ1) is 12.4. The Morgan fingerprint density at radius 2 is 1.81 bits per heavy atom. The van der Waals surface area contributed by atoms with Gasteiger partial charge in [0.15, 0.2) is 0 Å². The summed E-state index contributed by atoms with van der Waals surface area (Å²) >= 11 is 0. The van der Waals surface area contributed by atoms with Crippen LogP contribution in [0.2, 0.25) is 0 Å². The molecule has 2 heterocycles. The molecule has 1 aliphatic heterocycles. The second kappa shape index (κ2) is 7.47. The standard InChI is InChI=1S/C18H20FN5O2/c1-12-20-16(18(26)22-15-6-4-3-5-14(15)19)11-17(21-12)24-9-7-23(8-10-24)13(2)25/h3-6,11H,7-10H2,1-2H3,(H,22,26). The van der Waals surface area contributed by atoms with E-state index >= 15 is 0 Å². The fourth-order valence-electron chi connectivity index (χ4n) is 2.83. The van der Waals surface area contributed by atoms with E-state index in [1.807, 2.05) is 4.90 Å². The van der Waals surface area contributed by atoms with Crippen LogP contribution in [0.4, 0.5) is 15.9 Å². The van der Waals surface area contributed by atoms with Gasteiger partial charge in [-0.3, -0.25) is 9.59 Å². The predicted octanol–water partition coefficient (Wildman–Crippen LogP) is 1.84. The van der Waals surface area contributed by atoms with Crippen molar-refractivity contribution in [3.8, 4) is 0 Å². The van der Waals surface area contributed by atoms with Crippen LogP contribution in [-0.4, -0.2) is 52.9 Å². The predicted molar refractivity (Wildman–Crippen MR) is 95.6 cm³/mol. The van der Waals surface area contributed by atoms with Crippen LogP contribution in [0.1, 0.15) is 23.2 Å². The highest BCUT2D eigenvalue weighted by molar-refractivity contribution is 6.03. The quantitative estimate of drug-likeness (QED) is 0.907. The van der Waals surface area contributed by atoms with Gasteiger partial charge in [-0.25, -0.2) is 14.4 Å². The number of amides is 2. The number of carbonyl (C=O) groups is 2. The number of nitrogens with one attached hydrogen (secondary N) is 1. The Morgan fingerprint density at radius 3 is 2.46 bits per heavy atom. The number of nitrogens with zero attached hydrogens (tertiary/aromatic N) is 4. The molecule has 8 heteroatoms. The lowest BCUT2D eigenvalue weighted by molar-refractivity contribution is -0.129. The zero-order chi connectivity index (χ0) is 18.7. The van der Waals surface area contributed by atoms with Crippen LogP contribution in [0, 0.1) is 12.7 Å². The molecule has 26 heavy (non-hydrogen) atoms. The number of carbonyl (C=O) groups excluding carboxylic acids is 2. The van der Waals surface area contributed by atoms with Gasteiger partial charge in [0.1, 0.15) is 23.2 Å². The van der Waals surface area contributed by atoms with E-state index in [2.05, 4.69) is 15.3 Å². The van der Waals surface area contributed by atoms with Crippen LogP contribution in [0.15, 0.2) is 30.3 Å². The highest BCUT2D eigenvalue weighted by Gasteiger charge is 2.21. The van der Waals surface area contributed by atoms with Crippen molar-refractivity contribution in [2.45, 2.75) is 13.8 Å². The Bertz CT molecular complexity index is 834. The van der Waals surface area contributed by atoms with Crippen molar-refractivity contribution < 1.29 is 14.0 Å². The maximum atomic E-state index is 13.7. The molecule has 0 atom stereocenters. The molecule has 1 aromatic heterocycles. The SMILES string of the molecule is CC(=O)N1CCN(c2cc(C(=O)Nc3ccccc3F)nc(C)n2)CC1. The highest BCUT2D eigenvalue weighted by Crippen LogP contribution is 2.18. The second-order valence-corrected chi connectivity index (χ2v) is 6.09. The number of aryl methyl sites for hydroxylation is 1.